The number of nitrogens with zero attached hydrogens (tertiary/aromatic N) is 2. The van der Waals surface area contributed by atoms with Crippen LogP contribution in [0.25, 0.3) is 11.0 Å². The zero-order valence-corrected chi connectivity index (χ0v) is 12.2. The SMILES string of the molecule is Nc1ccc(Cn2c(=O)cnc3ccccc32)c(Br)c1. The summed E-state index contributed by atoms with van der Waals surface area (Å²) in [5, 5.41) is 0. The van der Waals surface area contributed by atoms with E-state index in [1.54, 1.807) is 4.57 Å². The van der Waals surface area contributed by atoms with Gasteiger partial charge in [-0.1, -0.05) is 34.1 Å². The van der Waals surface area contributed by atoms with Crippen LogP contribution >= 0.6 is 15.9 Å². The molecule has 0 saturated carbocycles. The number of rotatable bonds is 2. The molecule has 100 valence electrons. The van der Waals surface area contributed by atoms with Crippen molar-refractivity contribution in [3.8, 4) is 0 Å². The lowest BCUT2D eigenvalue weighted by atomic mass is 10.2. The highest BCUT2D eigenvalue weighted by molar-refractivity contribution is 9.10. The van der Waals surface area contributed by atoms with E-state index in [0.717, 1.165) is 21.1 Å². The fourth-order valence-corrected chi connectivity index (χ4v) is 2.66. The van der Waals surface area contributed by atoms with Gasteiger partial charge in [0.15, 0.2) is 0 Å². The minimum absolute atomic E-state index is 0.118. The first-order valence-corrected chi connectivity index (χ1v) is 6.93. The number of aromatic nitrogens is 2. The van der Waals surface area contributed by atoms with Crippen LogP contribution in [0.15, 0.2) is 57.9 Å². The van der Waals surface area contributed by atoms with Gasteiger partial charge in [0.05, 0.1) is 23.8 Å². The first kappa shape index (κ1) is 12.9. The van der Waals surface area contributed by atoms with E-state index >= 15 is 0 Å². The van der Waals surface area contributed by atoms with Crippen LogP contribution in [-0.4, -0.2) is 9.55 Å². The van der Waals surface area contributed by atoms with Gasteiger partial charge in [0.1, 0.15) is 0 Å². The third-order valence-corrected chi connectivity index (χ3v) is 3.90. The second-order valence-electron chi connectivity index (χ2n) is 4.52. The van der Waals surface area contributed by atoms with E-state index in [0.29, 0.717) is 12.2 Å². The smallest absolute Gasteiger partial charge is 0.269 e. The van der Waals surface area contributed by atoms with Crippen LogP contribution in [0.5, 0.6) is 0 Å². The lowest BCUT2D eigenvalue weighted by molar-refractivity contribution is 0.784. The first-order chi connectivity index (χ1) is 9.65. The topological polar surface area (TPSA) is 60.9 Å². The van der Waals surface area contributed by atoms with Crippen molar-refractivity contribution in [3.05, 3.63) is 69.1 Å². The van der Waals surface area contributed by atoms with Gasteiger partial charge in [-0.05, 0) is 29.8 Å². The van der Waals surface area contributed by atoms with Crippen LogP contribution < -0.4 is 11.3 Å². The zero-order valence-electron chi connectivity index (χ0n) is 10.6. The number of fused-ring (bicyclic) bond motifs is 1. The molecule has 0 aliphatic rings. The summed E-state index contributed by atoms with van der Waals surface area (Å²) in [6.45, 7) is 0.475. The molecule has 4 nitrogen and oxygen atoms in total. The average Bonchev–Trinajstić information content (AvgIpc) is 2.44. The molecule has 0 aliphatic carbocycles. The van der Waals surface area contributed by atoms with Crippen molar-refractivity contribution in [1.82, 2.24) is 9.55 Å². The van der Waals surface area contributed by atoms with Crippen LogP contribution in [0.3, 0.4) is 0 Å². The molecule has 2 N–H and O–H groups in total. The Bertz CT molecular complexity index is 842. The van der Waals surface area contributed by atoms with E-state index in [1.165, 1.54) is 6.20 Å². The molecule has 0 fully saturated rings. The van der Waals surface area contributed by atoms with E-state index in [2.05, 4.69) is 20.9 Å². The summed E-state index contributed by atoms with van der Waals surface area (Å²) in [5.41, 5.74) is 8.93. The minimum Gasteiger partial charge on any atom is -0.399 e. The van der Waals surface area contributed by atoms with Crippen molar-refractivity contribution in [3.63, 3.8) is 0 Å². The Morgan fingerprint density at radius 1 is 1.20 bits per heavy atom. The molecule has 2 aromatic carbocycles. The number of hydrogen-bond donors (Lipinski definition) is 1. The highest BCUT2D eigenvalue weighted by Gasteiger charge is 2.07. The van der Waals surface area contributed by atoms with Crippen LogP contribution in [-0.2, 0) is 6.54 Å². The molecule has 1 heterocycles. The average molecular weight is 330 g/mol. The van der Waals surface area contributed by atoms with E-state index in [4.69, 9.17) is 5.73 Å². The molecule has 0 atom stereocenters. The van der Waals surface area contributed by atoms with Gasteiger partial charge >= 0.3 is 0 Å². The number of nitrogen functional groups attached to an aromatic ring is 1. The Balaban J connectivity index is 2.15. The van der Waals surface area contributed by atoms with Crippen LogP contribution in [0.1, 0.15) is 5.56 Å². The first-order valence-electron chi connectivity index (χ1n) is 6.13. The highest BCUT2D eigenvalue weighted by atomic mass is 79.9. The summed E-state index contributed by atoms with van der Waals surface area (Å²) in [6.07, 6.45) is 1.35. The molecule has 0 radical (unpaired) electrons. The molecule has 20 heavy (non-hydrogen) atoms. The van der Waals surface area contributed by atoms with Gasteiger partial charge in [-0.15, -0.1) is 0 Å². The van der Waals surface area contributed by atoms with Gasteiger partial charge < -0.3 is 10.3 Å². The number of anilines is 1. The normalized spacial score (nSPS) is 10.8. The van der Waals surface area contributed by atoms with Crippen LogP contribution in [0, 0.1) is 0 Å². The minimum atomic E-state index is -0.118. The summed E-state index contributed by atoms with van der Waals surface area (Å²) in [6, 6.07) is 13.2. The van der Waals surface area contributed by atoms with Crippen molar-refractivity contribution in [1.29, 1.82) is 0 Å². The van der Waals surface area contributed by atoms with Gasteiger partial charge in [0.2, 0.25) is 0 Å². The fraction of sp³-hybridized carbons (Fsp3) is 0.0667. The standard InChI is InChI=1S/C15H12BrN3O/c16-12-7-11(17)6-5-10(12)9-19-14-4-2-1-3-13(14)18-8-15(19)20/h1-8H,9,17H2. The zero-order chi connectivity index (χ0) is 14.1. The molecule has 0 amide bonds. The summed E-state index contributed by atoms with van der Waals surface area (Å²) < 4.78 is 2.60. The number of para-hydroxylation sites is 2. The number of halogens is 1. The third-order valence-electron chi connectivity index (χ3n) is 3.16. The quantitative estimate of drug-likeness (QED) is 0.735. The predicted octanol–water partition coefficient (Wildman–Crippen LogP) is 2.79. The van der Waals surface area contributed by atoms with Crippen molar-refractivity contribution in [2.24, 2.45) is 0 Å². The molecule has 0 saturated heterocycles. The Morgan fingerprint density at radius 2 is 2.00 bits per heavy atom. The molecule has 3 rings (SSSR count). The molecule has 0 unspecified atom stereocenters. The third kappa shape index (κ3) is 2.32. The molecule has 1 aromatic heterocycles. The van der Waals surface area contributed by atoms with Crippen LogP contribution in [0.2, 0.25) is 0 Å². The molecule has 5 heteroatoms. The molecule has 0 bridgehead atoms. The Morgan fingerprint density at radius 3 is 2.80 bits per heavy atom. The lowest BCUT2D eigenvalue weighted by Crippen LogP contribution is -2.21. The largest absolute Gasteiger partial charge is 0.399 e. The Kier molecular flexibility index (Phi) is 3.28. The molecular formula is C15H12BrN3O. The van der Waals surface area contributed by atoms with E-state index in [9.17, 15) is 4.79 Å². The van der Waals surface area contributed by atoms with Crippen LogP contribution in [0.4, 0.5) is 5.69 Å². The fourth-order valence-electron chi connectivity index (χ4n) is 2.14. The second-order valence-corrected chi connectivity index (χ2v) is 5.38. The monoisotopic (exact) mass is 329 g/mol. The van der Waals surface area contributed by atoms with Gasteiger partial charge in [-0.3, -0.25) is 4.79 Å². The maximum atomic E-state index is 12.1. The second kappa shape index (κ2) is 5.09. The Labute approximate surface area is 124 Å². The number of nitrogens with two attached hydrogens (primary N) is 1. The summed E-state index contributed by atoms with van der Waals surface area (Å²) in [7, 11) is 0. The van der Waals surface area contributed by atoms with E-state index in [-0.39, 0.29) is 5.56 Å². The molecule has 0 aliphatic heterocycles. The molecule has 0 spiro atoms. The summed E-state index contributed by atoms with van der Waals surface area (Å²) in [4.78, 5) is 16.2. The van der Waals surface area contributed by atoms with Crippen molar-refractivity contribution >= 4 is 32.7 Å². The summed E-state index contributed by atoms with van der Waals surface area (Å²) >= 11 is 3.48. The number of hydrogen-bond acceptors (Lipinski definition) is 3. The highest BCUT2D eigenvalue weighted by Crippen LogP contribution is 2.21. The van der Waals surface area contributed by atoms with Gasteiger partial charge in [-0.2, -0.15) is 0 Å². The van der Waals surface area contributed by atoms with Crippen molar-refractivity contribution in [2.45, 2.75) is 6.54 Å². The summed E-state index contributed by atoms with van der Waals surface area (Å²) in [5.74, 6) is 0. The van der Waals surface area contributed by atoms with Gasteiger partial charge in [-0.25, -0.2) is 4.98 Å². The van der Waals surface area contributed by atoms with Gasteiger partial charge in [0.25, 0.3) is 5.56 Å². The predicted molar refractivity (Wildman–Crippen MR) is 83.7 cm³/mol. The van der Waals surface area contributed by atoms with E-state index in [1.807, 2.05) is 42.5 Å². The Hall–Kier alpha value is -2.14. The van der Waals surface area contributed by atoms with Crippen molar-refractivity contribution < 1.29 is 0 Å². The molecule has 3 aromatic rings. The van der Waals surface area contributed by atoms with E-state index < -0.39 is 0 Å². The van der Waals surface area contributed by atoms with Gasteiger partial charge in [0, 0.05) is 10.2 Å². The number of benzene rings is 2. The molecular weight excluding hydrogens is 318 g/mol. The maximum absolute atomic E-state index is 12.1. The maximum Gasteiger partial charge on any atom is 0.269 e. The lowest BCUT2D eigenvalue weighted by Gasteiger charge is -2.11. The van der Waals surface area contributed by atoms with Crippen molar-refractivity contribution in [2.75, 3.05) is 5.73 Å².